The highest BCUT2D eigenvalue weighted by Crippen LogP contribution is 2.37. The molecule has 0 unspecified atom stereocenters. The number of carbonyl (C=O) groups excluding carboxylic acids is 5. The average molecular weight is 869 g/mol. The lowest BCUT2D eigenvalue weighted by molar-refractivity contribution is -0.156. The highest BCUT2D eigenvalue weighted by Gasteiger charge is 2.39. The molecule has 3 atom stereocenters. The zero-order chi connectivity index (χ0) is 43.7. The number of esters is 1. The molecule has 3 N–H and O–H groups in total. The minimum Gasteiger partial charge on any atom is -0.460 e. The summed E-state index contributed by atoms with van der Waals surface area (Å²) in [5.41, 5.74) is 1.94. The van der Waals surface area contributed by atoms with Crippen molar-refractivity contribution >= 4 is 64.2 Å². The molecule has 318 valence electrons. The van der Waals surface area contributed by atoms with Gasteiger partial charge in [-0.2, -0.15) is 0 Å². The molecule has 6 rings (SSSR count). The number of nitrogens with zero attached hydrogens (tertiary/aromatic N) is 3. The van der Waals surface area contributed by atoms with Crippen LogP contribution >= 0.6 is 23.2 Å². The Morgan fingerprint density at radius 2 is 1.43 bits per heavy atom. The number of ether oxygens (including phenoxy) is 1. The first kappa shape index (κ1) is 44.5. The van der Waals surface area contributed by atoms with Crippen LogP contribution in [0.25, 0.3) is 11.3 Å². The Hall–Kier alpha value is -6.02. The van der Waals surface area contributed by atoms with Gasteiger partial charge in [0, 0.05) is 12.8 Å². The van der Waals surface area contributed by atoms with Crippen molar-refractivity contribution in [2.24, 2.45) is 0 Å². The molecule has 0 fully saturated rings. The smallest absolute Gasteiger partial charge is 0.308 e. The number of oxazole rings is 1. The van der Waals surface area contributed by atoms with Crippen molar-refractivity contribution in [1.29, 1.82) is 0 Å². The standard InChI is InChI=1S/C46H47Cl2N5O8/c1-46(2,3)61-41(57)25-33(43(58)44-49-26-37(60-44)42-31(47)17-12-18-32(42)48)50-39(55)28-53-36-20-11-10-19-35(36)52(40(56)24-22-30-15-8-5-9-16-30)27-34(45(53)59)51-38(54)23-21-29-13-6-4-7-14-29/h4-20,26,33-34,43,58H,21-25,27-28H2,1-3H3,(H,50,55)(H,51,54)/t33-,34-,43+/m0/s1. The number of aromatic nitrogens is 1. The van der Waals surface area contributed by atoms with E-state index in [4.69, 9.17) is 32.4 Å². The second kappa shape index (κ2) is 20.0. The Kier molecular flexibility index (Phi) is 14.6. The molecule has 15 heteroatoms. The maximum atomic E-state index is 14.6. The molecule has 1 aliphatic heterocycles. The van der Waals surface area contributed by atoms with Gasteiger partial charge in [0.05, 0.1) is 52.2 Å². The quantitative estimate of drug-likeness (QED) is 0.0935. The van der Waals surface area contributed by atoms with Gasteiger partial charge in [-0.25, -0.2) is 4.98 Å². The van der Waals surface area contributed by atoms with E-state index in [1.807, 2.05) is 60.7 Å². The van der Waals surface area contributed by atoms with Crippen molar-refractivity contribution in [3.8, 4) is 11.3 Å². The maximum absolute atomic E-state index is 14.6. The molecule has 1 aromatic heterocycles. The van der Waals surface area contributed by atoms with E-state index < -0.39 is 60.4 Å². The summed E-state index contributed by atoms with van der Waals surface area (Å²) < 4.78 is 11.4. The monoisotopic (exact) mass is 867 g/mol. The van der Waals surface area contributed by atoms with Gasteiger partial charge in [-0.05, 0) is 69.0 Å². The lowest BCUT2D eigenvalue weighted by atomic mass is 10.1. The summed E-state index contributed by atoms with van der Waals surface area (Å²) in [4.78, 5) is 76.3. The number of anilines is 2. The fourth-order valence-electron chi connectivity index (χ4n) is 6.94. The summed E-state index contributed by atoms with van der Waals surface area (Å²) in [5.74, 6) is -2.99. The number of aliphatic hydroxyl groups is 1. The Morgan fingerprint density at radius 3 is 2.05 bits per heavy atom. The normalized spacial score (nSPS) is 15.0. The zero-order valence-corrected chi connectivity index (χ0v) is 35.5. The predicted octanol–water partition coefficient (Wildman–Crippen LogP) is 7.03. The number of rotatable bonds is 15. The molecule has 0 radical (unpaired) electrons. The van der Waals surface area contributed by atoms with E-state index in [2.05, 4.69) is 15.6 Å². The number of carbonyl (C=O) groups is 5. The second-order valence-corrected chi connectivity index (χ2v) is 16.4. The molecule has 61 heavy (non-hydrogen) atoms. The average Bonchev–Trinajstić information content (AvgIpc) is 3.68. The second-order valence-electron chi connectivity index (χ2n) is 15.6. The highest BCUT2D eigenvalue weighted by molar-refractivity contribution is 6.39. The van der Waals surface area contributed by atoms with Gasteiger partial charge in [-0.15, -0.1) is 0 Å². The third kappa shape index (κ3) is 11.8. The van der Waals surface area contributed by atoms with Crippen LogP contribution in [0.3, 0.4) is 0 Å². The number of fused-ring (bicyclic) bond motifs is 1. The van der Waals surface area contributed by atoms with Gasteiger partial charge >= 0.3 is 5.97 Å². The molecule has 2 heterocycles. The first-order valence-electron chi connectivity index (χ1n) is 19.8. The van der Waals surface area contributed by atoms with Crippen LogP contribution in [0.2, 0.25) is 10.0 Å². The molecular formula is C46H47Cl2N5O8. The van der Waals surface area contributed by atoms with E-state index >= 15 is 0 Å². The van der Waals surface area contributed by atoms with Gasteiger partial charge in [0.25, 0.3) is 5.91 Å². The summed E-state index contributed by atoms with van der Waals surface area (Å²) in [6, 6.07) is 27.9. The van der Waals surface area contributed by atoms with Crippen LogP contribution in [0, 0.1) is 0 Å². The number of hydrogen-bond acceptors (Lipinski definition) is 9. The van der Waals surface area contributed by atoms with E-state index in [0.29, 0.717) is 24.1 Å². The van der Waals surface area contributed by atoms with Crippen LogP contribution in [-0.2, 0) is 41.6 Å². The summed E-state index contributed by atoms with van der Waals surface area (Å²) in [6.07, 6.45) is 0.141. The molecule has 0 saturated heterocycles. The lowest BCUT2D eigenvalue weighted by Crippen LogP contribution is -2.55. The number of aliphatic hydroxyl groups excluding tert-OH is 1. The molecule has 0 aliphatic carbocycles. The van der Waals surface area contributed by atoms with Gasteiger partial charge in [-0.1, -0.05) is 102 Å². The van der Waals surface area contributed by atoms with Crippen LogP contribution in [0.15, 0.2) is 114 Å². The Labute approximate surface area is 364 Å². The number of hydrogen-bond donors (Lipinski definition) is 3. The lowest BCUT2D eigenvalue weighted by Gasteiger charge is -2.28. The summed E-state index contributed by atoms with van der Waals surface area (Å²) in [5, 5.41) is 17.7. The van der Waals surface area contributed by atoms with Gasteiger partial charge in [-0.3, -0.25) is 28.9 Å². The van der Waals surface area contributed by atoms with E-state index in [0.717, 1.165) is 11.1 Å². The van der Waals surface area contributed by atoms with E-state index in [1.165, 1.54) is 16.0 Å². The fourth-order valence-corrected chi connectivity index (χ4v) is 7.52. The van der Waals surface area contributed by atoms with Crippen LogP contribution in [0.1, 0.15) is 63.2 Å². The molecule has 0 bridgehead atoms. The first-order valence-corrected chi connectivity index (χ1v) is 20.6. The van der Waals surface area contributed by atoms with E-state index in [-0.39, 0.29) is 52.7 Å². The van der Waals surface area contributed by atoms with Crippen LogP contribution < -0.4 is 20.4 Å². The summed E-state index contributed by atoms with van der Waals surface area (Å²) in [7, 11) is 0. The fraction of sp³-hybridized carbons (Fsp3) is 0.304. The molecule has 4 amide bonds. The van der Waals surface area contributed by atoms with Gasteiger partial charge < -0.3 is 29.8 Å². The van der Waals surface area contributed by atoms with Crippen molar-refractivity contribution in [2.45, 2.75) is 76.7 Å². The minimum atomic E-state index is -1.69. The molecule has 1 aliphatic rings. The number of aryl methyl sites for hydroxylation is 2. The number of nitrogens with one attached hydrogen (secondary N) is 2. The Bertz CT molecular complexity index is 2330. The minimum absolute atomic E-state index is 0.0681. The number of halogens is 2. The Balaban J connectivity index is 1.28. The van der Waals surface area contributed by atoms with Crippen LogP contribution in [0.5, 0.6) is 0 Å². The van der Waals surface area contributed by atoms with E-state index in [1.54, 1.807) is 63.2 Å². The summed E-state index contributed by atoms with van der Waals surface area (Å²) in [6.45, 7) is 4.22. The van der Waals surface area contributed by atoms with Gasteiger partial charge in [0.15, 0.2) is 11.9 Å². The van der Waals surface area contributed by atoms with Gasteiger partial charge in [0.2, 0.25) is 23.6 Å². The number of benzene rings is 4. The molecule has 0 saturated carbocycles. The largest absolute Gasteiger partial charge is 0.460 e. The number of para-hydroxylation sites is 2. The summed E-state index contributed by atoms with van der Waals surface area (Å²) >= 11 is 12.8. The molecule has 0 spiro atoms. The van der Waals surface area contributed by atoms with Crippen molar-refractivity contribution in [1.82, 2.24) is 15.6 Å². The highest BCUT2D eigenvalue weighted by atomic mass is 35.5. The molecule has 5 aromatic rings. The van der Waals surface area contributed by atoms with Crippen molar-refractivity contribution in [3.05, 3.63) is 136 Å². The molecule has 4 aromatic carbocycles. The SMILES string of the molecule is CC(C)(C)OC(=O)C[C@H](NC(=O)CN1C(=O)[C@@H](NC(=O)CCc2ccccc2)CN(C(=O)CCc2ccccc2)c2ccccc21)[C@@H](O)c1ncc(-c2c(Cl)cccc2Cl)o1. The zero-order valence-electron chi connectivity index (χ0n) is 34.0. The van der Waals surface area contributed by atoms with Crippen molar-refractivity contribution in [2.75, 3.05) is 22.9 Å². The van der Waals surface area contributed by atoms with E-state index in [9.17, 15) is 29.1 Å². The Morgan fingerprint density at radius 1 is 0.836 bits per heavy atom. The number of amides is 4. The molecule has 13 nitrogen and oxygen atoms in total. The van der Waals surface area contributed by atoms with Crippen molar-refractivity contribution in [3.63, 3.8) is 0 Å². The first-order chi connectivity index (χ1) is 29.2. The predicted molar refractivity (Wildman–Crippen MR) is 232 cm³/mol. The third-order valence-corrected chi connectivity index (χ3v) is 10.4. The van der Waals surface area contributed by atoms with Gasteiger partial charge in [0.1, 0.15) is 18.2 Å². The topological polar surface area (TPSA) is 171 Å². The third-order valence-electron chi connectivity index (χ3n) is 9.80. The molecular weight excluding hydrogens is 821 g/mol. The maximum Gasteiger partial charge on any atom is 0.308 e. The van der Waals surface area contributed by atoms with Crippen LogP contribution in [0.4, 0.5) is 11.4 Å². The van der Waals surface area contributed by atoms with Crippen molar-refractivity contribution < 1.29 is 38.2 Å². The van der Waals surface area contributed by atoms with Crippen LogP contribution in [-0.4, -0.2) is 70.5 Å².